The molecule has 0 fully saturated rings. The minimum Gasteiger partial charge on any atom is -0.401 e. The van der Waals surface area contributed by atoms with Crippen LogP contribution < -0.4 is 5.32 Å². The Morgan fingerprint density at radius 1 is 1.06 bits per heavy atom. The van der Waals surface area contributed by atoms with Crippen LogP contribution in [0, 0.1) is 6.92 Å². The highest BCUT2D eigenvalue weighted by molar-refractivity contribution is 6.33. The molecule has 0 unspecified atom stereocenters. The van der Waals surface area contributed by atoms with E-state index in [1.807, 2.05) is 68.4 Å². The van der Waals surface area contributed by atoms with Gasteiger partial charge in [-0.25, -0.2) is 4.98 Å². The van der Waals surface area contributed by atoms with E-state index in [4.69, 9.17) is 21.0 Å². The van der Waals surface area contributed by atoms with E-state index in [-0.39, 0.29) is 11.9 Å². The largest absolute Gasteiger partial charge is 0.401 e. The van der Waals surface area contributed by atoms with E-state index in [0.717, 1.165) is 16.8 Å². The Hall–Kier alpha value is -3.71. The van der Waals surface area contributed by atoms with Crippen molar-refractivity contribution < 1.29 is 4.42 Å². The van der Waals surface area contributed by atoms with Crippen LogP contribution in [0.4, 0.5) is 11.7 Å². The van der Waals surface area contributed by atoms with Crippen molar-refractivity contribution in [1.82, 2.24) is 25.1 Å². The first-order valence-electron chi connectivity index (χ1n) is 9.58. The van der Waals surface area contributed by atoms with Gasteiger partial charge in [-0.2, -0.15) is 0 Å². The second-order valence-electron chi connectivity index (χ2n) is 7.12. The van der Waals surface area contributed by atoms with Gasteiger partial charge < -0.3 is 14.6 Å². The minimum absolute atomic E-state index is 0.223. The van der Waals surface area contributed by atoms with Crippen LogP contribution in [0.5, 0.6) is 0 Å². The molecule has 4 rings (SSSR count). The van der Waals surface area contributed by atoms with Gasteiger partial charge in [-0.15, -0.1) is 5.10 Å². The normalized spacial score (nSPS) is 10.7. The zero-order chi connectivity index (χ0) is 22.0. The van der Waals surface area contributed by atoms with Gasteiger partial charge in [0.2, 0.25) is 0 Å². The average Bonchev–Trinajstić information content (AvgIpc) is 3.23. The van der Waals surface area contributed by atoms with E-state index in [9.17, 15) is 0 Å². The Morgan fingerprint density at radius 3 is 2.52 bits per heavy atom. The SMILES string of the molecule is C=C(c1ccc(-c2cnc(C)c(-c3nnc(Nc4ccccc4Cl)o3)n2)cc1)N(C)C. The Kier molecular flexibility index (Phi) is 5.68. The predicted molar refractivity (Wildman–Crippen MR) is 123 cm³/mol. The topological polar surface area (TPSA) is 80.0 Å². The molecule has 0 spiro atoms. The summed E-state index contributed by atoms with van der Waals surface area (Å²) in [6.45, 7) is 5.93. The van der Waals surface area contributed by atoms with E-state index >= 15 is 0 Å². The van der Waals surface area contributed by atoms with Gasteiger partial charge in [-0.3, -0.25) is 4.98 Å². The third kappa shape index (κ3) is 4.41. The summed E-state index contributed by atoms with van der Waals surface area (Å²) < 4.78 is 5.77. The second-order valence-corrected chi connectivity index (χ2v) is 7.53. The molecule has 0 bridgehead atoms. The zero-order valence-electron chi connectivity index (χ0n) is 17.4. The maximum atomic E-state index is 6.18. The summed E-state index contributed by atoms with van der Waals surface area (Å²) in [6, 6.07) is 15.5. The molecule has 31 heavy (non-hydrogen) atoms. The highest BCUT2D eigenvalue weighted by Crippen LogP contribution is 2.28. The third-order valence-electron chi connectivity index (χ3n) is 4.75. The highest BCUT2D eigenvalue weighted by atomic mass is 35.5. The van der Waals surface area contributed by atoms with Crippen molar-refractivity contribution in [2.75, 3.05) is 19.4 Å². The molecule has 7 nitrogen and oxygen atoms in total. The molecule has 156 valence electrons. The standard InChI is InChI=1S/C23H21ClN6O/c1-14-21(22-28-29-23(31-22)27-19-8-6-5-7-18(19)24)26-20(13-25-14)17-11-9-16(10-12-17)15(2)30(3)4/h5-13H,2H2,1,3-4H3,(H,27,29). The average molecular weight is 433 g/mol. The fourth-order valence-corrected chi connectivity index (χ4v) is 3.11. The maximum absolute atomic E-state index is 6.18. The molecule has 0 aliphatic heterocycles. The Bertz CT molecular complexity index is 1230. The van der Waals surface area contributed by atoms with Gasteiger partial charge >= 0.3 is 6.01 Å². The molecule has 0 radical (unpaired) electrons. The number of aromatic nitrogens is 4. The molecule has 2 aromatic heterocycles. The van der Waals surface area contributed by atoms with Crippen molar-refractivity contribution in [3.63, 3.8) is 0 Å². The summed E-state index contributed by atoms with van der Waals surface area (Å²) in [5.41, 5.74) is 5.51. The van der Waals surface area contributed by atoms with Crippen LogP contribution in [0.15, 0.2) is 65.7 Å². The van der Waals surface area contributed by atoms with E-state index in [1.54, 1.807) is 12.3 Å². The number of para-hydroxylation sites is 1. The molecule has 2 heterocycles. The number of nitrogens with one attached hydrogen (secondary N) is 1. The summed E-state index contributed by atoms with van der Waals surface area (Å²) in [5, 5.41) is 11.8. The molecule has 0 amide bonds. The molecule has 0 aliphatic rings. The lowest BCUT2D eigenvalue weighted by Crippen LogP contribution is -2.08. The number of anilines is 2. The lowest BCUT2D eigenvalue weighted by molar-refractivity contribution is 0.584. The molecular weight excluding hydrogens is 412 g/mol. The fraction of sp³-hybridized carbons (Fsp3) is 0.130. The first-order chi connectivity index (χ1) is 14.9. The van der Waals surface area contributed by atoms with Gasteiger partial charge in [0.05, 0.1) is 28.3 Å². The Balaban J connectivity index is 1.61. The van der Waals surface area contributed by atoms with Crippen LogP contribution in [0.2, 0.25) is 5.02 Å². The van der Waals surface area contributed by atoms with Crippen molar-refractivity contribution in [3.8, 4) is 22.8 Å². The number of nitrogens with zero attached hydrogens (tertiary/aromatic N) is 5. The van der Waals surface area contributed by atoms with Crippen molar-refractivity contribution in [2.45, 2.75) is 6.92 Å². The maximum Gasteiger partial charge on any atom is 0.320 e. The first kappa shape index (κ1) is 20.6. The summed E-state index contributed by atoms with van der Waals surface area (Å²) in [4.78, 5) is 11.2. The van der Waals surface area contributed by atoms with Crippen LogP contribution in [0.3, 0.4) is 0 Å². The summed E-state index contributed by atoms with van der Waals surface area (Å²) in [7, 11) is 3.93. The summed E-state index contributed by atoms with van der Waals surface area (Å²) in [6.07, 6.45) is 1.73. The quantitative estimate of drug-likeness (QED) is 0.435. The molecule has 0 saturated heterocycles. The number of hydrogen-bond acceptors (Lipinski definition) is 7. The first-order valence-corrected chi connectivity index (χ1v) is 9.96. The van der Waals surface area contributed by atoms with Crippen molar-refractivity contribution in [3.05, 3.63) is 77.6 Å². The minimum atomic E-state index is 0.223. The molecular formula is C23H21ClN6O. The molecule has 0 atom stereocenters. The summed E-state index contributed by atoms with van der Waals surface area (Å²) in [5.74, 6) is 0.277. The molecule has 4 aromatic rings. The number of halogens is 1. The lowest BCUT2D eigenvalue weighted by atomic mass is 10.1. The molecule has 0 aliphatic carbocycles. The number of aryl methyl sites for hydroxylation is 1. The number of hydrogen-bond donors (Lipinski definition) is 1. The Labute approximate surface area is 185 Å². The van der Waals surface area contributed by atoms with Gasteiger partial charge in [0.25, 0.3) is 5.89 Å². The lowest BCUT2D eigenvalue weighted by Gasteiger charge is -2.16. The molecule has 0 saturated carbocycles. The monoisotopic (exact) mass is 432 g/mol. The number of rotatable bonds is 6. The van der Waals surface area contributed by atoms with Crippen LogP contribution in [-0.4, -0.2) is 39.2 Å². The smallest absolute Gasteiger partial charge is 0.320 e. The summed E-state index contributed by atoms with van der Waals surface area (Å²) >= 11 is 6.18. The zero-order valence-corrected chi connectivity index (χ0v) is 18.2. The van der Waals surface area contributed by atoms with Gasteiger partial charge in [-0.05, 0) is 24.6 Å². The molecule has 1 N–H and O–H groups in total. The van der Waals surface area contributed by atoms with E-state index in [0.29, 0.717) is 27.8 Å². The van der Waals surface area contributed by atoms with Gasteiger partial charge in [0, 0.05) is 25.4 Å². The van der Waals surface area contributed by atoms with Gasteiger partial charge in [0.15, 0.2) is 0 Å². The second kappa shape index (κ2) is 8.57. The van der Waals surface area contributed by atoms with E-state index in [2.05, 4.69) is 27.1 Å². The number of benzene rings is 2. The third-order valence-corrected chi connectivity index (χ3v) is 5.08. The highest BCUT2D eigenvalue weighted by Gasteiger charge is 2.16. The van der Waals surface area contributed by atoms with E-state index in [1.165, 1.54) is 0 Å². The molecule has 2 aromatic carbocycles. The fourth-order valence-electron chi connectivity index (χ4n) is 2.93. The van der Waals surface area contributed by atoms with Crippen LogP contribution in [0.1, 0.15) is 11.3 Å². The van der Waals surface area contributed by atoms with Crippen LogP contribution in [-0.2, 0) is 0 Å². The van der Waals surface area contributed by atoms with Crippen molar-refractivity contribution >= 4 is 29.0 Å². The van der Waals surface area contributed by atoms with Crippen LogP contribution in [0.25, 0.3) is 28.5 Å². The van der Waals surface area contributed by atoms with Crippen LogP contribution >= 0.6 is 11.6 Å². The predicted octanol–water partition coefficient (Wildman–Crippen LogP) is 5.43. The van der Waals surface area contributed by atoms with Gasteiger partial charge in [0.1, 0.15) is 5.69 Å². The van der Waals surface area contributed by atoms with Crippen molar-refractivity contribution in [2.24, 2.45) is 0 Å². The van der Waals surface area contributed by atoms with Gasteiger partial charge in [-0.1, -0.05) is 59.7 Å². The Morgan fingerprint density at radius 2 is 1.81 bits per heavy atom. The molecule has 8 heteroatoms. The van der Waals surface area contributed by atoms with Crippen molar-refractivity contribution in [1.29, 1.82) is 0 Å². The van der Waals surface area contributed by atoms with E-state index < -0.39 is 0 Å².